The third kappa shape index (κ3) is 5.18. The first-order chi connectivity index (χ1) is 11.0. The minimum Gasteiger partial charge on any atom is -0.497 e. The van der Waals surface area contributed by atoms with Crippen LogP contribution in [-0.4, -0.2) is 19.1 Å². The Morgan fingerprint density at radius 2 is 1.96 bits per heavy atom. The van der Waals surface area contributed by atoms with Crippen LogP contribution in [0.15, 0.2) is 42.5 Å². The Hall–Kier alpha value is -2.20. The average molecular weight is 334 g/mol. The third-order valence-electron chi connectivity index (χ3n) is 3.09. The van der Waals surface area contributed by atoms with Gasteiger partial charge in [0.05, 0.1) is 30.3 Å². The first-order valence-corrected chi connectivity index (χ1v) is 7.74. The maximum Gasteiger partial charge on any atom is 0.228 e. The molecule has 2 aromatic rings. The minimum absolute atomic E-state index is 0.0946. The summed E-state index contributed by atoms with van der Waals surface area (Å²) < 4.78 is 10.7. The molecule has 0 radical (unpaired) electrons. The number of hydrogen-bond donors (Lipinski definition) is 1. The number of benzene rings is 2. The lowest BCUT2D eigenvalue weighted by molar-refractivity contribution is -0.115. The number of carbonyl (C=O) groups is 1. The van der Waals surface area contributed by atoms with E-state index >= 15 is 0 Å². The molecule has 0 heterocycles. The van der Waals surface area contributed by atoms with Crippen molar-refractivity contribution in [3.63, 3.8) is 0 Å². The monoisotopic (exact) mass is 333 g/mol. The fourth-order valence-corrected chi connectivity index (χ4v) is 2.32. The van der Waals surface area contributed by atoms with Gasteiger partial charge in [-0.25, -0.2) is 0 Å². The molecule has 0 saturated carbocycles. The number of ether oxygens (including phenoxy) is 2. The van der Waals surface area contributed by atoms with Crippen molar-refractivity contribution >= 4 is 23.2 Å². The van der Waals surface area contributed by atoms with E-state index in [1.165, 1.54) is 0 Å². The van der Waals surface area contributed by atoms with Crippen LogP contribution in [0.3, 0.4) is 0 Å². The maximum atomic E-state index is 12.2. The molecule has 0 unspecified atom stereocenters. The first kappa shape index (κ1) is 17.2. The molecule has 0 atom stereocenters. The van der Waals surface area contributed by atoms with Crippen LogP contribution in [0.1, 0.15) is 19.4 Å². The predicted molar refractivity (Wildman–Crippen MR) is 92.5 cm³/mol. The number of hydrogen-bond acceptors (Lipinski definition) is 3. The number of amides is 1. The molecular weight excluding hydrogens is 314 g/mol. The van der Waals surface area contributed by atoms with Crippen LogP contribution >= 0.6 is 11.6 Å². The van der Waals surface area contributed by atoms with Crippen LogP contribution in [0.25, 0.3) is 0 Å². The Morgan fingerprint density at radius 3 is 2.61 bits per heavy atom. The van der Waals surface area contributed by atoms with Crippen molar-refractivity contribution in [3.05, 3.63) is 53.1 Å². The van der Waals surface area contributed by atoms with E-state index in [2.05, 4.69) is 5.32 Å². The summed E-state index contributed by atoms with van der Waals surface area (Å²) in [6.45, 7) is 3.93. The molecule has 0 bridgehead atoms. The van der Waals surface area contributed by atoms with Crippen molar-refractivity contribution in [2.45, 2.75) is 26.4 Å². The minimum atomic E-state index is -0.140. The van der Waals surface area contributed by atoms with Crippen molar-refractivity contribution in [1.82, 2.24) is 0 Å². The van der Waals surface area contributed by atoms with Gasteiger partial charge < -0.3 is 14.8 Å². The van der Waals surface area contributed by atoms with Crippen LogP contribution in [0, 0.1) is 0 Å². The van der Waals surface area contributed by atoms with Gasteiger partial charge in [-0.05, 0) is 43.7 Å². The number of anilines is 1. The number of carbonyl (C=O) groups excluding carboxylic acids is 1. The smallest absolute Gasteiger partial charge is 0.228 e. The van der Waals surface area contributed by atoms with Gasteiger partial charge in [-0.15, -0.1) is 0 Å². The van der Waals surface area contributed by atoms with Crippen molar-refractivity contribution in [2.24, 2.45) is 0 Å². The first-order valence-electron chi connectivity index (χ1n) is 7.37. The van der Waals surface area contributed by atoms with Crippen LogP contribution in [0.4, 0.5) is 5.69 Å². The van der Waals surface area contributed by atoms with Crippen LogP contribution in [0.5, 0.6) is 11.5 Å². The molecule has 0 fully saturated rings. The van der Waals surface area contributed by atoms with Gasteiger partial charge in [0.1, 0.15) is 11.5 Å². The van der Waals surface area contributed by atoms with Gasteiger partial charge in [-0.2, -0.15) is 0 Å². The highest BCUT2D eigenvalue weighted by atomic mass is 35.5. The van der Waals surface area contributed by atoms with Crippen LogP contribution in [-0.2, 0) is 11.2 Å². The normalized spacial score (nSPS) is 10.5. The van der Waals surface area contributed by atoms with Crippen LogP contribution in [0.2, 0.25) is 5.02 Å². The maximum absolute atomic E-state index is 12.2. The molecule has 0 aliphatic heterocycles. The van der Waals surface area contributed by atoms with Gasteiger partial charge in [-0.1, -0.05) is 23.7 Å². The van der Waals surface area contributed by atoms with Gasteiger partial charge in [0.2, 0.25) is 5.91 Å². The zero-order valence-electron chi connectivity index (χ0n) is 13.4. The van der Waals surface area contributed by atoms with E-state index in [1.807, 2.05) is 38.1 Å². The fraction of sp³-hybridized carbons (Fsp3) is 0.278. The van der Waals surface area contributed by atoms with Crippen molar-refractivity contribution in [2.75, 3.05) is 12.4 Å². The molecule has 1 amide bonds. The molecule has 0 aliphatic carbocycles. The van der Waals surface area contributed by atoms with E-state index in [1.54, 1.807) is 25.3 Å². The largest absolute Gasteiger partial charge is 0.497 e. The van der Waals surface area contributed by atoms with Crippen molar-refractivity contribution in [3.8, 4) is 11.5 Å². The Bertz CT molecular complexity index is 686. The zero-order valence-corrected chi connectivity index (χ0v) is 14.2. The summed E-state index contributed by atoms with van der Waals surface area (Å²) in [5.74, 6) is 1.26. The Morgan fingerprint density at radius 1 is 1.17 bits per heavy atom. The molecule has 0 spiro atoms. The van der Waals surface area contributed by atoms with Gasteiger partial charge in [-0.3, -0.25) is 4.79 Å². The number of methoxy groups -OCH3 is 1. The van der Waals surface area contributed by atoms with E-state index < -0.39 is 0 Å². The SMILES string of the molecule is COc1ccc(NC(=O)Cc2cccc(OC(C)C)c2)c(Cl)c1. The highest BCUT2D eigenvalue weighted by Crippen LogP contribution is 2.26. The summed E-state index contributed by atoms with van der Waals surface area (Å²) >= 11 is 6.12. The summed E-state index contributed by atoms with van der Waals surface area (Å²) in [6, 6.07) is 12.6. The van der Waals surface area contributed by atoms with E-state index in [0.717, 1.165) is 11.3 Å². The molecule has 2 rings (SSSR count). The second kappa shape index (κ2) is 7.88. The summed E-state index contributed by atoms with van der Waals surface area (Å²) in [7, 11) is 1.57. The number of rotatable bonds is 6. The number of nitrogens with one attached hydrogen (secondary N) is 1. The standard InChI is InChI=1S/C18H20ClNO3/c1-12(2)23-15-6-4-5-13(9-15)10-18(21)20-17-8-7-14(22-3)11-16(17)19/h4-9,11-12H,10H2,1-3H3,(H,20,21). The summed E-state index contributed by atoms with van der Waals surface area (Å²) in [4.78, 5) is 12.2. The molecule has 122 valence electrons. The topological polar surface area (TPSA) is 47.6 Å². The Kier molecular flexibility index (Phi) is 5.88. The Labute approximate surface area is 141 Å². The second-order valence-electron chi connectivity index (χ2n) is 5.38. The predicted octanol–water partition coefficient (Wildman–Crippen LogP) is 4.32. The van der Waals surface area contributed by atoms with E-state index in [-0.39, 0.29) is 18.4 Å². The molecule has 0 aromatic heterocycles. The quantitative estimate of drug-likeness (QED) is 0.856. The van der Waals surface area contributed by atoms with E-state index in [0.29, 0.717) is 16.5 Å². The summed E-state index contributed by atoms with van der Waals surface area (Å²) in [5.41, 5.74) is 1.44. The Balaban J connectivity index is 2.02. The summed E-state index contributed by atoms with van der Waals surface area (Å²) in [6.07, 6.45) is 0.342. The van der Waals surface area contributed by atoms with Gasteiger partial charge in [0, 0.05) is 6.07 Å². The van der Waals surface area contributed by atoms with Crippen molar-refractivity contribution in [1.29, 1.82) is 0 Å². The van der Waals surface area contributed by atoms with Gasteiger partial charge in [0.25, 0.3) is 0 Å². The highest BCUT2D eigenvalue weighted by molar-refractivity contribution is 6.33. The van der Waals surface area contributed by atoms with Gasteiger partial charge >= 0.3 is 0 Å². The lowest BCUT2D eigenvalue weighted by atomic mass is 10.1. The molecule has 0 aliphatic rings. The highest BCUT2D eigenvalue weighted by Gasteiger charge is 2.09. The molecule has 0 saturated heterocycles. The average Bonchev–Trinajstić information content (AvgIpc) is 2.49. The lowest BCUT2D eigenvalue weighted by Crippen LogP contribution is -2.15. The van der Waals surface area contributed by atoms with Gasteiger partial charge in [0.15, 0.2) is 0 Å². The second-order valence-corrected chi connectivity index (χ2v) is 5.79. The molecule has 5 heteroatoms. The summed E-state index contributed by atoms with van der Waals surface area (Å²) in [5, 5.41) is 3.24. The third-order valence-corrected chi connectivity index (χ3v) is 3.40. The molecular formula is C18H20ClNO3. The van der Waals surface area contributed by atoms with E-state index in [9.17, 15) is 4.79 Å². The van der Waals surface area contributed by atoms with E-state index in [4.69, 9.17) is 21.1 Å². The molecule has 2 aromatic carbocycles. The molecule has 23 heavy (non-hydrogen) atoms. The zero-order chi connectivity index (χ0) is 16.8. The fourth-order valence-electron chi connectivity index (χ4n) is 2.10. The lowest BCUT2D eigenvalue weighted by Gasteiger charge is -2.11. The van der Waals surface area contributed by atoms with Crippen LogP contribution < -0.4 is 14.8 Å². The molecule has 4 nitrogen and oxygen atoms in total. The number of halogens is 1. The van der Waals surface area contributed by atoms with Crippen molar-refractivity contribution < 1.29 is 14.3 Å². The molecule has 1 N–H and O–H groups in total.